The van der Waals surface area contributed by atoms with Crippen LogP contribution in [0.1, 0.15) is 57.3 Å². The third-order valence-corrected chi connectivity index (χ3v) is 5.91. The number of carboxylic acids is 1. The molecule has 5 nitrogen and oxygen atoms in total. The third-order valence-electron chi connectivity index (χ3n) is 4.58. The molecule has 0 heterocycles. The largest absolute Gasteiger partial charge is 0.478 e. The highest BCUT2D eigenvalue weighted by Gasteiger charge is 2.49. The summed E-state index contributed by atoms with van der Waals surface area (Å²) in [5.74, 6) is -1.09. The summed E-state index contributed by atoms with van der Waals surface area (Å²) >= 11 is 0. The average molecular weight is 337 g/mol. The molecular formula is C17H23NO4S. The molecule has 0 spiro atoms. The van der Waals surface area contributed by atoms with Crippen molar-refractivity contribution in [2.45, 2.75) is 51.9 Å². The predicted octanol–water partition coefficient (Wildman–Crippen LogP) is 3.75. The maximum atomic E-state index is 12.4. The SMILES string of the molecule is CCC(C)(C)CC1(C)C/C1=N/S(=O)(=O)c1ccc(C(=O)O)cc1. The minimum Gasteiger partial charge on any atom is -0.478 e. The van der Waals surface area contributed by atoms with Gasteiger partial charge >= 0.3 is 5.97 Å². The van der Waals surface area contributed by atoms with E-state index in [1.54, 1.807) is 0 Å². The zero-order chi connectivity index (χ0) is 17.5. The highest BCUT2D eigenvalue weighted by atomic mass is 32.2. The molecule has 1 N–H and O–H groups in total. The first-order valence-corrected chi connectivity index (χ1v) is 9.11. The number of carbonyl (C=O) groups is 1. The zero-order valence-electron chi connectivity index (χ0n) is 14.0. The molecule has 2 rings (SSSR count). The van der Waals surface area contributed by atoms with E-state index >= 15 is 0 Å². The fraction of sp³-hybridized carbons (Fsp3) is 0.529. The summed E-state index contributed by atoms with van der Waals surface area (Å²) in [6, 6.07) is 5.14. The van der Waals surface area contributed by atoms with Gasteiger partial charge in [0.1, 0.15) is 0 Å². The Morgan fingerprint density at radius 3 is 2.35 bits per heavy atom. The molecule has 0 saturated heterocycles. The summed E-state index contributed by atoms with van der Waals surface area (Å²) in [7, 11) is -3.78. The molecule has 1 aliphatic rings. The number of hydrogen-bond donors (Lipinski definition) is 1. The standard InChI is InChI=1S/C17H23NO4S/c1-5-16(2,3)11-17(4)10-14(17)18-23(21,22)13-8-6-12(7-9-13)15(19)20/h6-9H,5,10-11H2,1-4H3,(H,19,20)/b18-14-. The second-order valence-corrected chi connectivity index (χ2v) is 8.88. The van der Waals surface area contributed by atoms with E-state index in [1.165, 1.54) is 24.3 Å². The molecule has 1 unspecified atom stereocenters. The molecule has 23 heavy (non-hydrogen) atoms. The van der Waals surface area contributed by atoms with E-state index in [0.717, 1.165) is 12.8 Å². The number of hydrogen-bond acceptors (Lipinski definition) is 3. The predicted molar refractivity (Wildman–Crippen MR) is 89.4 cm³/mol. The van der Waals surface area contributed by atoms with Crippen LogP contribution in [0.15, 0.2) is 33.6 Å². The number of aromatic carboxylic acids is 1. The first kappa shape index (κ1) is 17.7. The normalized spacial score (nSPS) is 23.0. The van der Waals surface area contributed by atoms with Crippen LogP contribution < -0.4 is 0 Å². The van der Waals surface area contributed by atoms with Gasteiger partial charge in [0, 0.05) is 11.1 Å². The highest BCUT2D eigenvalue weighted by molar-refractivity contribution is 7.90. The van der Waals surface area contributed by atoms with Gasteiger partial charge in [0.2, 0.25) is 0 Å². The van der Waals surface area contributed by atoms with Crippen LogP contribution in [0.5, 0.6) is 0 Å². The highest BCUT2D eigenvalue weighted by Crippen LogP contribution is 2.51. The van der Waals surface area contributed by atoms with Gasteiger partial charge < -0.3 is 5.11 Å². The number of rotatable bonds is 6. The Morgan fingerprint density at radius 2 is 1.87 bits per heavy atom. The van der Waals surface area contributed by atoms with Gasteiger partial charge in [-0.15, -0.1) is 0 Å². The van der Waals surface area contributed by atoms with Crippen molar-refractivity contribution < 1.29 is 18.3 Å². The Bertz CT molecular complexity index is 747. The Morgan fingerprint density at radius 1 is 1.30 bits per heavy atom. The third kappa shape index (κ3) is 3.99. The summed E-state index contributed by atoms with van der Waals surface area (Å²) < 4.78 is 28.7. The Balaban J connectivity index is 2.21. The molecular weight excluding hydrogens is 314 g/mol. The van der Waals surface area contributed by atoms with Crippen LogP contribution in [-0.2, 0) is 10.0 Å². The summed E-state index contributed by atoms with van der Waals surface area (Å²) in [4.78, 5) is 10.8. The minimum absolute atomic E-state index is 0.0269. The van der Waals surface area contributed by atoms with E-state index in [1.807, 2.05) is 6.92 Å². The molecule has 6 heteroatoms. The summed E-state index contributed by atoms with van der Waals surface area (Å²) in [6.45, 7) is 8.52. The molecule has 1 aromatic rings. The fourth-order valence-electron chi connectivity index (χ4n) is 2.78. The summed E-state index contributed by atoms with van der Waals surface area (Å²) in [6.07, 6.45) is 2.63. The van der Waals surface area contributed by atoms with E-state index in [2.05, 4.69) is 25.2 Å². The zero-order valence-corrected chi connectivity index (χ0v) is 14.8. The molecule has 0 amide bonds. The minimum atomic E-state index is -3.78. The van der Waals surface area contributed by atoms with Gasteiger partial charge in [-0.2, -0.15) is 12.8 Å². The van der Waals surface area contributed by atoms with Gasteiger partial charge in [-0.1, -0.05) is 34.1 Å². The van der Waals surface area contributed by atoms with E-state index in [9.17, 15) is 13.2 Å². The van der Waals surface area contributed by atoms with Crippen LogP contribution in [0.2, 0.25) is 0 Å². The van der Waals surface area contributed by atoms with Crippen molar-refractivity contribution in [2.24, 2.45) is 15.2 Å². The Kier molecular flexibility index (Phi) is 4.41. The molecule has 1 aromatic carbocycles. The van der Waals surface area contributed by atoms with Crippen molar-refractivity contribution in [3.63, 3.8) is 0 Å². The van der Waals surface area contributed by atoms with Crippen LogP contribution in [0, 0.1) is 10.8 Å². The van der Waals surface area contributed by atoms with E-state index < -0.39 is 16.0 Å². The number of sulfonamides is 1. The second kappa shape index (κ2) is 5.74. The van der Waals surface area contributed by atoms with Crippen LogP contribution in [0.3, 0.4) is 0 Å². The monoisotopic (exact) mass is 337 g/mol. The van der Waals surface area contributed by atoms with Crippen LogP contribution >= 0.6 is 0 Å². The lowest BCUT2D eigenvalue weighted by Crippen LogP contribution is -2.16. The first-order valence-electron chi connectivity index (χ1n) is 7.67. The molecule has 0 radical (unpaired) electrons. The lowest BCUT2D eigenvalue weighted by molar-refractivity contribution is 0.0696. The quantitative estimate of drug-likeness (QED) is 0.857. The van der Waals surface area contributed by atoms with Crippen LogP contribution in [-0.4, -0.2) is 25.2 Å². The number of benzene rings is 1. The Hall–Kier alpha value is -1.69. The van der Waals surface area contributed by atoms with Crippen molar-refractivity contribution in [2.75, 3.05) is 0 Å². The molecule has 1 atom stereocenters. The first-order chi connectivity index (χ1) is 10.5. The van der Waals surface area contributed by atoms with E-state index in [0.29, 0.717) is 12.1 Å². The second-order valence-electron chi connectivity index (χ2n) is 7.27. The van der Waals surface area contributed by atoms with Gasteiger partial charge in [-0.25, -0.2) is 4.79 Å². The molecule has 126 valence electrons. The van der Waals surface area contributed by atoms with Gasteiger partial charge in [0.05, 0.1) is 10.5 Å². The van der Waals surface area contributed by atoms with Crippen molar-refractivity contribution in [3.05, 3.63) is 29.8 Å². The maximum absolute atomic E-state index is 12.4. The van der Waals surface area contributed by atoms with Crippen LogP contribution in [0.4, 0.5) is 0 Å². The van der Waals surface area contributed by atoms with Gasteiger partial charge in [0.25, 0.3) is 10.0 Å². The fourth-order valence-corrected chi connectivity index (χ4v) is 3.94. The number of nitrogens with zero attached hydrogens (tertiary/aromatic N) is 1. The average Bonchev–Trinajstić information content (AvgIpc) is 3.06. The molecule has 0 aromatic heterocycles. The van der Waals surface area contributed by atoms with Crippen LogP contribution in [0.25, 0.3) is 0 Å². The van der Waals surface area contributed by atoms with Gasteiger partial charge in [-0.05, 0) is 42.5 Å². The molecule has 1 fully saturated rings. The number of carboxylic acid groups (broad SMARTS) is 1. The smallest absolute Gasteiger partial charge is 0.335 e. The summed E-state index contributed by atoms with van der Waals surface area (Å²) in [5, 5.41) is 8.86. The van der Waals surface area contributed by atoms with Crippen molar-refractivity contribution in [3.8, 4) is 0 Å². The topological polar surface area (TPSA) is 83.8 Å². The van der Waals surface area contributed by atoms with Crippen molar-refractivity contribution >= 4 is 21.7 Å². The van der Waals surface area contributed by atoms with Gasteiger partial charge in [-0.3, -0.25) is 0 Å². The molecule has 0 aliphatic heterocycles. The van der Waals surface area contributed by atoms with Crippen molar-refractivity contribution in [1.29, 1.82) is 0 Å². The van der Waals surface area contributed by atoms with E-state index in [4.69, 9.17) is 5.11 Å². The Labute approximate surface area is 137 Å². The van der Waals surface area contributed by atoms with E-state index in [-0.39, 0.29) is 21.3 Å². The molecule has 1 saturated carbocycles. The lowest BCUT2D eigenvalue weighted by atomic mass is 9.80. The lowest BCUT2D eigenvalue weighted by Gasteiger charge is -2.25. The maximum Gasteiger partial charge on any atom is 0.335 e. The van der Waals surface area contributed by atoms with Crippen molar-refractivity contribution in [1.82, 2.24) is 0 Å². The van der Waals surface area contributed by atoms with Gasteiger partial charge in [0.15, 0.2) is 0 Å². The summed E-state index contributed by atoms with van der Waals surface area (Å²) in [5.41, 5.74) is 0.769. The molecule has 0 bridgehead atoms. The molecule has 1 aliphatic carbocycles.